The van der Waals surface area contributed by atoms with Gasteiger partial charge in [-0.25, -0.2) is 0 Å². The minimum absolute atomic E-state index is 0.609. The molecule has 100 valence electrons. The third kappa shape index (κ3) is 3.49. The summed E-state index contributed by atoms with van der Waals surface area (Å²) in [4.78, 5) is 2.42. The van der Waals surface area contributed by atoms with Gasteiger partial charge in [0.25, 0.3) is 0 Å². The van der Waals surface area contributed by atoms with Crippen LogP contribution in [-0.4, -0.2) is 26.7 Å². The van der Waals surface area contributed by atoms with E-state index in [1.807, 2.05) is 0 Å². The Kier molecular flexibility index (Phi) is 4.65. The summed E-state index contributed by atoms with van der Waals surface area (Å²) in [6.45, 7) is 8.07. The second kappa shape index (κ2) is 6.24. The Morgan fingerprint density at radius 3 is 2.67 bits per heavy atom. The average Bonchev–Trinajstić information content (AvgIpc) is 2.40. The third-order valence-corrected chi connectivity index (χ3v) is 3.97. The summed E-state index contributed by atoms with van der Waals surface area (Å²) in [5, 5.41) is 3.43. The molecule has 0 aromatic heterocycles. The van der Waals surface area contributed by atoms with Crippen molar-refractivity contribution in [2.45, 2.75) is 32.6 Å². The molecule has 0 spiro atoms. The van der Waals surface area contributed by atoms with E-state index in [9.17, 15) is 0 Å². The molecule has 0 amide bonds. The Bertz CT molecular complexity index is 367. The highest BCUT2D eigenvalue weighted by molar-refractivity contribution is 5.48. The molecule has 18 heavy (non-hydrogen) atoms. The van der Waals surface area contributed by atoms with Gasteiger partial charge in [0.2, 0.25) is 0 Å². The molecule has 1 aliphatic rings. The highest BCUT2D eigenvalue weighted by Gasteiger charge is 2.15. The van der Waals surface area contributed by atoms with Gasteiger partial charge in [-0.1, -0.05) is 26.0 Å². The number of piperidine rings is 1. The molecular formula is C16H26N2. The summed E-state index contributed by atoms with van der Waals surface area (Å²) in [7, 11) is 2.22. The number of rotatable bonds is 4. The lowest BCUT2D eigenvalue weighted by molar-refractivity contribution is 0.378. The van der Waals surface area contributed by atoms with E-state index in [2.05, 4.69) is 55.4 Å². The standard InChI is InChI=1S/C16H26N2/c1-13(2)15-5-4-6-16(11-15)18(3)12-14-7-9-17-10-8-14/h4-6,11,13-14,17H,7-10,12H2,1-3H3. The molecular weight excluding hydrogens is 220 g/mol. The second-order valence-corrected chi connectivity index (χ2v) is 5.82. The van der Waals surface area contributed by atoms with Crippen LogP contribution in [0.2, 0.25) is 0 Å². The van der Waals surface area contributed by atoms with Gasteiger partial charge < -0.3 is 10.2 Å². The zero-order valence-corrected chi connectivity index (χ0v) is 11.9. The van der Waals surface area contributed by atoms with Gasteiger partial charge in [-0.3, -0.25) is 0 Å². The lowest BCUT2D eigenvalue weighted by Gasteiger charge is -2.29. The van der Waals surface area contributed by atoms with Crippen molar-refractivity contribution < 1.29 is 0 Å². The molecule has 0 radical (unpaired) electrons. The number of nitrogens with one attached hydrogen (secondary N) is 1. The maximum absolute atomic E-state index is 3.43. The fourth-order valence-corrected chi connectivity index (χ4v) is 2.68. The predicted molar refractivity (Wildman–Crippen MR) is 79.4 cm³/mol. The number of anilines is 1. The van der Waals surface area contributed by atoms with Gasteiger partial charge in [0.1, 0.15) is 0 Å². The first-order chi connectivity index (χ1) is 8.66. The molecule has 0 aliphatic carbocycles. The fourth-order valence-electron chi connectivity index (χ4n) is 2.68. The van der Waals surface area contributed by atoms with E-state index in [0.717, 1.165) is 5.92 Å². The topological polar surface area (TPSA) is 15.3 Å². The summed E-state index contributed by atoms with van der Waals surface area (Å²) in [6, 6.07) is 8.98. The molecule has 1 heterocycles. The minimum atomic E-state index is 0.609. The summed E-state index contributed by atoms with van der Waals surface area (Å²) in [5.41, 5.74) is 2.80. The van der Waals surface area contributed by atoms with E-state index in [1.54, 1.807) is 0 Å². The summed E-state index contributed by atoms with van der Waals surface area (Å²) in [6.07, 6.45) is 2.63. The molecule has 2 nitrogen and oxygen atoms in total. The van der Waals surface area contributed by atoms with Crippen molar-refractivity contribution in [1.82, 2.24) is 5.32 Å². The Balaban J connectivity index is 1.99. The fraction of sp³-hybridized carbons (Fsp3) is 0.625. The quantitative estimate of drug-likeness (QED) is 0.877. The molecule has 0 saturated carbocycles. The monoisotopic (exact) mass is 246 g/mol. The van der Waals surface area contributed by atoms with E-state index in [1.165, 1.54) is 43.7 Å². The van der Waals surface area contributed by atoms with Crippen LogP contribution in [0.15, 0.2) is 24.3 Å². The summed E-state index contributed by atoms with van der Waals surface area (Å²) in [5.74, 6) is 1.45. The van der Waals surface area contributed by atoms with E-state index in [-0.39, 0.29) is 0 Å². The van der Waals surface area contributed by atoms with Crippen LogP contribution in [0.25, 0.3) is 0 Å². The van der Waals surface area contributed by atoms with Crippen LogP contribution in [0.5, 0.6) is 0 Å². The molecule has 1 saturated heterocycles. The van der Waals surface area contributed by atoms with Crippen LogP contribution >= 0.6 is 0 Å². The molecule has 0 bridgehead atoms. The molecule has 0 atom stereocenters. The largest absolute Gasteiger partial charge is 0.374 e. The van der Waals surface area contributed by atoms with Gasteiger partial charge in [0, 0.05) is 19.3 Å². The predicted octanol–water partition coefficient (Wildman–Crippen LogP) is 3.25. The van der Waals surface area contributed by atoms with Gasteiger partial charge >= 0.3 is 0 Å². The first-order valence-corrected chi connectivity index (χ1v) is 7.18. The van der Waals surface area contributed by atoms with E-state index in [0.29, 0.717) is 5.92 Å². The van der Waals surface area contributed by atoms with E-state index >= 15 is 0 Å². The first-order valence-electron chi connectivity index (χ1n) is 7.18. The van der Waals surface area contributed by atoms with Gasteiger partial charge in [0.05, 0.1) is 0 Å². The average molecular weight is 246 g/mol. The Morgan fingerprint density at radius 2 is 2.00 bits per heavy atom. The SMILES string of the molecule is CC(C)c1cccc(N(C)CC2CCNCC2)c1. The number of benzene rings is 1. The van der Waals surface area contributed by atoms with Crippen molar-refractivity contribution in [2.75, 3.05) is 31.6 Å². The van der Waals surface area contributed by atoms with Crippen LogP contribution < -0.4 is 10.2 Å². The van der Waals surface area contributed by atoms with Gasteiger partial charge in [0.15, 0.2) is 0 Å². The molecule has 1 fully saturated rings. The Labute approximate surface area is 111 Å². The first kappa shape index (κ1) is 13.4. The van der Waals surface area contributed by atoms with Gasteiger partial charge in [-0.2, -0.15) is 0 Å². The normalized spacial score (nSPS) is 17.1. The van der Waals surface area contributed by atoms with E-state index in [4.69, 9.17) is 0 Å². The highest BCUT2D eigenvalue weighted by Crippen LogP contribution is 2.23. The maximum Gasteiger partial charge on any atom is 0.0366 e. The number of hydrogen-bond donors (Lipinski definition) is 1. The maximum atomic E-state index is 3.43. The lowest BCUT2D eigenvalue weighted by atomic mass is 9.97. The zero-order valence-electron chi connectivity index (χ0n) is 11.9. The van der Waals surface area contributed by atoms with Gasteiger partial charge in [-0.05, 0) is 55.5 Å². The van der Waals surface area contributed by atoms with Gasteiger partial charge in [-0.15, -0.1) is 0 Å². The number of hydrogen-bond acceptors (Lipinski definition) is 2. The van der Waals surface area contributed by atoms with Crippen molar-refractivity contribution in [1.29, 1.82) is 0 Å². The van der Waals surface area contributed by atoms with Crippen molar-refractivity contribution in [3.05, 3.63) is 29.8 Å². The van der Waals surface area contributed by atoms with Crippen molar-refractivity contribution in [3.63, 3.8) is 0 Å². The molecule has 1 aromatic rings. The Hall–Kier alpha value is -1.02. The second-order valence-electron chi connectivity index (χ2n) is 5.82. The van der Waals surface area contributed by atoms with E-state index < -0.39 is 0 Å². The molecule has 0 unspecified atom stereocenters. The van der Waals surface area contributed by atoms with Crippen LogP contribution in [-0.2, 0) is 0 Å². The number of nitrogens with zero attached hydrogens (tertiary/aromatic N) is 1. The summed E-state index contributed by atoms with van der Waals surface area (Å²) < 4.78 is 0. The lowest BCUT2D eigenvalue weighted by Crippen LogP contribution is -2.34. The van der Waals surface area contributed by atoms with Crippen LogP contribution in [0.3, 0.4) is 0 Å². The van der Waals surface area contributed by atoms with Crippen molar-refractivity contribution in [3.8, 4) is 0 Å². The molecule has 1 aliphatic heterocycles. The third-order valence-electron chi connectivity index (χ3n) is 3.97. The smallest absolute Gasteiger partial charge is 0.0366 e. The van der Waals surface area contributed by atoms with Crippen LogP contribution in [0.4, 0.5) is 5.69 Å². The van der Waals surface area contributed by atoms with Crippen LogP contribution in [0.1, 0.15) is 38.2 Å². The minimum Gasteiger partial charge on any atom is -0.374 e. The molecule has 2 heteroatoms. The van der Waals surface area contributed by atoms with Crippen molar-refractivity contribution >= 4 is 5.69 Å². The van der Waals surface area contributed by atoms with Crippen LogP contribution in [0, 0.1) is 5.92 Å². The molecule has 1 aromatic carbocycles. The Morgan fingerprint density at radius 1 is 1.28 bits per heavy atom. The molecule has 2 rings (SSSR count). The van der Waals surface area contributed by atoms with Crippen molar-refractivity contribution in [2.24, 2.45) is 5.92 Å². The highest BCUT2D eigenvalue weighted by atomic mass is 15.1. The molecule has 1 N–H and O–H groups in total. The summed E-state index contributed by atoms with van der Waals surface area (Å²) >= 11 is 0. The zero-order chi connectivity index (χ0) is 13.0.